The molecule has 2 rings (SSSR count). The molecule has 0 fully saturated rings. The molecule has 26 heavy (non-hydrogen) atoms. The highest BCUT2D eigenvalue weighted by Crippen LogP contribution is 2.12. The van der Waals surface area contributed by atoms with E-state index in [4.69, 9.17) is 0 Å². The topological polar surface area (TPSA) is 0 Å². The Balaban J connectivity index is 2.58. The number of aryl methyl sites for hydroxylation is 6. The van der Waals surface area contributed by atoms with Crippen molar-refractivity contribution in [2.75, 3.05) is 4.43 Å². The van der Waals surface area contributed by atoms with Crippen LogP contribution in [0.1, 0.15) is 52.6 Å². The smallest absolute Gasteiger partial charge is 0.142 e. The molecule has 0 heterocycles. The Kier molecular flexibility index (Phi) is 7.83. The predicted molar refractivity (Wildman–Crippen MR) is 127 cm³/mol. The van der Waals surface area contributed by atoms with E-state index in [9.17, 15) is 0 Å². The molecule has 0 aliphatic carbocycles. The van der Waals surface area contributed by atoms with Crippen molar-refractivity contribution in [3.63, 3.8) is 0 Å². The van der Waals surface area contributed by atoms with Crippen LogP contribution in [-0.2, 0) is 0 Å². The second kappa shape index (κ2) is 9.65. The molecule has 0 unspecified atom stereocenters. The summed E-state index contributed by atoms with van der Waals surface area (Å²) in [6.45, 7) is 13.5. The second-order valence-corrected chi connectivity index (χ2v) is 8.60. The Morgan fingerprint density at radius 3 is 1.54 bits per heavy atom. The zero-order valence-electron chi connectivity index (χ0n) is 17.1. The predicted octanol–water partition coefficient (Wildman–Crippen LogP) is 5.29. The van der Waals surface area contributed by atoms with Gasteiger partial charge in [0, 0.05) is 6.42 Å². The standard InChI is InChI=1S/C24H30BI/c1-17-13-19(3)23(20(4)14-17)25(11-9-7-8-10-12-26)24-21(5)15-18(2)16-22(24)6/h13-16H,7-8,10,12H2,1-6H3. The first-order chi connectivity index (χ1) is 12.3. The first-order valence-electron chi connectivity index (χ1n) is 9.55. The van der Waals surface area contributed by atoms with Crippen LogP contribution >= 0.6 is 22.6 Å². The number of benzene rings is 2. The average Bonchev–Trinajstić information content (AvgIpc) is 2.52. The van der Waals surface area contributed by atoms with Crippen LogP contribution in [0.2, 0.25) is 0 Å². The van der Waals surface area contributed by atoms with Gasteiger partial charge in [0.1, 0.15) is 0 Å². The molecule has 0 nitrogen and oxygen atoms in total. The van der Waals surface area contributed by atoms with Crippen LogP contribution in [0.15, 0.2) is 24.3 Å². The first-order valence-corrected chi connectivity index (χ1v) is 11.1. The molecule has 136 valence electrons. The third-order valence-electron chi connectivity index (χ3n) is 4.99. The van der Waals surface area contributed by atoms with E-state index in [0.717, 1.165) is 6.42 Å². The molecule has 0 saturated carbocycles. The number of hydrogen-bond acceptors (Lipinski definition) is 0. The second-order valence-electron chi connectivity index (χ2n) is 7.53. The lowest BCUT2D eigenvalue weighted by atomic mass is 9.38. The van der Waals surface area contributed by atoms with Crippen LogP contribution in [-0.4, -0.2) is 11.1 Å². The summed E-state index contributed by atoms with van der Waals surface area (Å²) in [6.07, 6.45) is 3.44. The van der Waals surface area contributed by atoms with Crippen molar-refractivity contribution in [3.8, 4) is 11.7 Å². The van der Waals surface area contributed by atoms with Gasteiger partial charge in [0.2, 0.25) is 0 Å². The Morgan fingerprint density at radius 2 is 1.15 bits per heavy atom. The maximum absolute atomic E-state index is 3.66. The van der Waals surface area contributed by atoms with Crippen LogP contribution in [0.5, 0.6) is 0 Å². The van der Waals surface area contributed by atoms with E-state index in [-0.39, 0.29) is 6.71 Å². The van der Waals surface area contributed by atoms with Gasteiger partial charge < -0.3 is 0 Å². The van der Waals surface area contributed by atoms with Crippen LogP contribution < -0.4 is 10.9 Å². The highest BCUT2D eigenvalue weighted by atomic mass is 127. The van der Waals surface area contributed by atoms with Crippen molar-refractivity contribution >= 4 is 40.2 Å². The fourth-order valence-electron chi connectivity index (χ4n) is 4.06. The Labute approximate surface area is 174 Å². The lowest BCUT2D eigenvalue weighted by Crippen LogP contribution is -2.46. The minimum Gasteiger partial charge on any atom is -0.142 e. The quantitative estimate of drug-likeness (QED) is 0.189. The molecule has 0 aliphatic rings. The first kappa shape index (κ1) is 21.1. The van der Waals surface area contributed by atoms with Gasteiger partial charge in [0.25, 0.3) is 6.71 Å². The fourth-order valence-corrected chi connectivity index (χ4v) is 4.60. The van der Waals surface area contributed by atoms with E-state index >= 15 is 0 Å². The number of halogens is 1. The maximum Gasteiger partial charge on any atom is 0.297 e. The van der Waals surface area contributed by atoms with E-state index in [0.29, 0.717) is 0 Å². The summed E-state index contributed by atoms with van der Waals surface area (Å²) < 4.78 is 1.22. The van der Waals surface area contributed by atoms with Gasteiger partial charge in [-0.1, -0.05) is 91.2 Å². The summed E-state index contributed by atoms with van der Waals surface area (Å²) in [5.41, 5.74) is 10.9. The summed E-state index contributed by atoms with van der Waals surface area (Å²) in [7, 11) is 0. The SMILES string of the molecule is Cc1cc(C)c(B(C#CCCCCI)c2c(C)cc(C)cc2C)c(C)c1. The lowest BCUT2D eigenvalue weighted by Gasteiger charge is -2.20. The summed E-state index contributed by atoms with van der Waals surface area (Å²) in [5.74, 6) is 7.16. The van der Waals surface area contributed by atoms with Crippen molar-refractivity contribution in [2.24, 2.45) is 0 Å². The number of hydrogen-bond donors (Lipinski definition) is 0. The number of rotatable bonds is 5. The molecule has 0 spiro atoms. The average molecular weight is 456 g/mol. The number of alkyl halides is 1. The molecule has 0 radical (unpaired) electrons. The van der Waals surface area contributed by atoms with E-state index < -0.39 is 0 Å². The zero-order valence-corrected chi connectivity index (χ0v) is 19.3. The van der Waals surface area contributed by atoms with Crippen molar-refractivity contribution in [2.45, 2.75) is 60.8 Å². The third kappa shape index (κ3) is 5.16. The van der Waals surface area contributed by atoms with Crippen molar-refractivity contribution in [3.05, 3.63) is 57.6 Å². The molecular formula is C24H30BI. The Morgan fingerprint density at radius 1 is 0.731 bits per heavy atom. The molecule has 2 aromatic rings. The highest BCUT2D eigenvalue weighted by molar-refractivity contribution is 14.1. The molecule has 0 atom stereocenters. The summed E-state index contributed by atoms with van der Waals surface area (Å²) in [4.78, 5) is 0. The molecule has 0 bridgehead atoms. The fraction of sp³-hybridized carbons (Fsp3) is 0.417. The molecule has 0 aliphatic heterocycles. The third-order valence-corrected chi connectivity index (χ3v) is 5.75. The monoisotopic (exact) mass is 456 g/mol. The zero-order chi connectivity index (χ0) is 19.3. The van der Waals surface area contributed by atoms with Crippen LogP contribution in [0, 0.1) is 53.3 Å². The molecule has 0 amide bonds. The Bertz CT molecular complexity index is 736. The molecule has 0 N–H and O–H groups in total. The summed E-state index contributed by atoms with van der Waals surface area (Å²) in [5, 5.41) is 0. The minimum atomic E-state index is 0.163. The van der Waals surface area contributed by atoms with Crippen LogP contribution in [0.25, 0.3) is 0 Å². The van der Waals surface area contributed by atoms with Crippen molar-refractivity contribution in [1.82, 2.24) is 0 Å². The Hall–Kier alpha value is -1.21. The maximum atomic E-state index is 3.66. The lowest BCUT2D eigenvalue weighted by molar-refractivity contribution is 0.845. The van der Waals surface area contributed by atoms with Crippen LogP contribution in [0.3, 0.4) is 0 Å². The molecule has 2 aromatic carbocycles. The van der Waals surface area contributed by atoms with Crippen LogP contribution in [0.4, 0.5) is 0 Å². The van der Waals surface area contributed by atoms with Gasteiger partial charge in [-0.25, -0.2) is 0 Å². The summed E-state index contributed by atoms with van der Waals surface area (Å²) in [6, 6.07) is 9.19. The van der Waals surface area contributed by atoms with Gasteiger partial charge in [0.05, 0.1) is 0 Å². The number of unbranched alkanes of at least 4 members (excludes halogenated alkanes) is 2. The van der Waals surface area contributed by atoms with Crippen molar-refractivity contribution < 1.29 is 0 Å². The van der Waals surface area contributed by atoms with Gasteiger partial charge in [-0.3, -0.25) is 0 Å². The molecule has 0 aromatic heterocycles. The summed E-state index contributed by atoms with van der Waals surface area (Å²) >= 11 is 2.45. The minimum absolute atomic E-state index is 0.163. The largest absolute Gasteiger partial charge is 0.297 e. The highest BCUT2D eigenvalue weighted by Gasteiger charge is 2.25. The van der Waals surface area contributed by atoms with Gasteiger partial charge in [-0.2, -0.15) is 0 Å². The van der Waals surface area contributed by atoms with Gasteiger partial charge in [0.15, 0.2) is 0 Å². The van der Waals surface area contributed by atoms with Gasteiger partial charge in [-0.05, 0) is 58.8 Å². The van der Waals surface area contributed by atoms with E-state index in [2.05, 4.69) is 100 Å². The normalized spacial score (nSPS) is 10.4. The van der Waals surface area contributed by atoms with Crippen molar-refractivity contribution in [1.29, 1.82) is 0 Å². The van der Waals surface area contributed by atoms with Gasteiger partial charge >= 0.3 is 0 Å². The van der Waals surface area contributed by atoms with E-state index in [1.165, 1.54) is 61.6 Å². The molecule has 0 saturated heterocycles. The molecule has 2 heteroatoms. The van der Waals surface area contributed by atoms with E-state index in [1.54, 1.807) is 0 Å². The molecular weight excluding hydrogens is 426 g/mol. The van der Waals surface area contributed by atoms with Gasteiger partial charge in [-0.15, -0.1) is 11.7 Å². The van der Waals surface area contributed by atoms with E-state index in [1.807, 2.05) is 0 Å².